The molecule has 0 aliphatic carbocycles. The first kappa shape index (κ1) is 23.2. The first-order valence-corrected chi connectivity index (χ1v) is 10.8. The lowest BCUT2D eigenvalue weighted by atomic mass is 10.2. The van der Waals surface area contributed by atoms with Gasteiger partial charge in [0.25, 0.3) is 11.8 Å². The van der Waals surface area contributed by atoms with E-state index in [1.165, 1.54) is 39.1 Å². The van der Waals surface area contributed by atoms with Gasteiger partial charge in [-0.2, -0.15) is 13.2 Å². The summed E-state index contributed by atoms with van der Waals surface area (Å²) in [6.45, 7) is 0. The number of nitrogens with zero attached hydrogens (tertiary/aromatic N) is 4. The summed E-state index contributed by atoms with van der Waals surface area (Å²) in [4.78, 5) is 31.4. The Morgan fingerprint density at radius 3 is 2.47 bits per heavy atom. The monoisotopic (exact) mass is 485 g/mol. The third kappa shape index (κ3) is 4.84. The summed E-state index contributed by atoms with van der Waals surface area (Å²) in [5.41, 5.74) is 0.00433. The Labute approximate surface area is 196 Å². The number of hydrogen-bond donors (Lipinski definition) is 1. The summed E-state index contributed by atoms with van der Waals surface area (Å²) in [5, 5.41) is 8.63. The maximum atomic E-state index is 13.2. The fourth-order valence-corrected chi connectivity index (χ4v) is 3.84. The molecule has 2 heterocycles. The minimum Gasteiger partial charge on any atom is -0.345 e. The molecule has 2 aromatic carbocycles. The van der Waals surface area contributed by atoms with E-state index in [0.29, 0.717) is 16.1 Å². The van der Waals surface area contributed by atoms with Gasteiger partial charge in [0, 0.05) is 25.3 Å². The quantitative estimate of drug-likeness (QED) is 0.433. The van der Waals surface area contributed by atoms with E-state index >= 15 is 0 Å². The van der Waals surface area contributed by atoms with Gasteiger partial charge in [0.15, 0.2) is 5.82 Å². The molecule has 0 fully saturated rings. The average molecular weight is 485 g/mol. The van der Waals surface area contributed by atoms with Crippen molar-refractivity contribution in [3.05, 3.63) is 83.0 Å². The van der Waals surface area contributed by atoms with Crippen molar-refractivity contribution in [1.29, 1.82) is 0 Å². The second kappa shape index (κ2) is 9.10. The van der Waals surface area contributed by atoms with E-state index in [1.807, 2.05) is 0 Å². The van der Waals surface area contributed by atoms with E-state index in [-0.39, 0.29) is 23.2 Å². The van der Waals surface area contributed by atoms with E-state index in [4.69, 9.17) is 0 Å². The molecule has 11 heteroatoms. The number of halogens is 3. The molecule has 0 spiro atoms. The Bertz CT molecular complexity index is 1350. The van der Waals surface area contributed by atoms with Crippen LogP contribution in [0.4, 0.5) is 18.9 Å². The molecule has 1 N–H and O–H groups in total. The maximum Gasteiger partial charge on any atom is 0.416 e. The molecule has 0 aliphatic heterocycles. The van der Waals surface area contributed by atoms with Gasteiger partial charge < -0.3 is 10.2 Å². The van der Waals surface area contributed by atoms with Crippen LogP contribution in [0, 0.1) is 0 Å². The first-order chi connectivity index (χ1) is 16.1. The van der Waals surface area contributed by atoms with Gasteiger partial charge in [-0.25, -0.2) is 9.67 Å². The molecule has 0 aliphatic rings. The number of carbonyl (C=O) groups is 2. The third-order valence-electron chi connectivity index (χ3n) is 4.74. The van der Waals surface area contributed by atoms with Crippen molar-refractivity contribution in [3.8, 4) is 16.4 Å². The number of thiophene rings is 1. The van der Waals surface area contributed by atoms with Gasteiger partial charge in [-0.15, -0.1) is 16.4 Å². The zero-order valence-corrected chi connectivity index (χ0v) is 18.8. The second-order valence-corrected chi connectivity index (χ2v) is 8.38. The zero-order valence-electron chi connectivity index (χ0n) is 18.0. The number of rotatable bonds is 5. The molecule has 2 aromatic heterocycles. The standard InChI is InChI=1S/C23H18F3N5O2S/c1-30(2)22(33)14-6-3-8-16(12-14)27-21(32)19-28-20(18-10-5-11-34-18)31(29-19)17-9-4-7-15(13-17)23(24,25)26/h3-13H,1-2H3,(H,27,32). The summed E-state index contributed by atoms with van der Waals surface area (Å²) in [5.74, 6) is -0.901. The predicted octanol–water partition coefficient (Wildman–Crippen LogP) is 4.97. The molecule has 0 radical (unpaired) electrons. The molecule has 7 nitrogen and oxygen atoms in total. The number of anilines is 1. The lowest BCUT2D eigenvalue weighted by Gasteiger charge is -2.11. The maximum absolute atomic E-state index is 13.2. The molecule has 174 valence electrons. The van der Waals surface area contributed by atoms with Crippen molar-refractivity contribution in [3.63, 3.8) is 0 Å². The molecule has 0 atom stereocenters. The van der Waals surface area contributed by atoms with Crippen LogP contribution in [-0.4, -0.2) is 45.6 Å². The fourth-order valence-electron chi connectivity index (χ4n) is 3.14. The number of alkyl halides is 3. The molecule has 0 bridgehead atoms. The van der Waals surface area contributed by atoms with Crippen LogP contribution >= 0.6 is 11.3 Å². The van der Waals surface area contributed by atoms with E-state index in [9.17, 15) is 22.8 Å². The van der Waals surface area contributed by atoms with Gasteiger partial charge in [-0.3, -0.25) is 9.59 Å². The van der Waals surface area contributed by atoms with Crippen molar-refractivity contribution in [2.45, 2.75) is 6.18 Å². The van der Waals surface area contributed by atoms with Gasteiger partial charge in [0.05, 0.1) is 16.1 Å². The highest BCUT2D eigenvalue weighted by molar-refractivity contribution is 7.13. The first-order valence-electron chi connectivity index (χ1n) is 9.95. The Hall–Kier alpha value is -3.99. The van der Waals surface area contributed by atoms with Crippen LogP contribution < -0.4 is 5.32 Å². The van der Waals surface area contributed by atoms with Gasteiger partial charge in [0.2, 0.25) is 5.82 Å². The number of aromatic nitrogens is 3. The van der Waals surface area contributed by atoms with E-state index in [1.54, 1.807) is 49.8 Å². The second-order valence-electron chi connectivity index (χ2n) is 7.43. The predicted molar refractivity (Wildman–Crippen MR) is 122 cm³/mol. The molecule has 4 rings (SSSR count). The number of carbonyl (C=O) groups excluding carboxylic acids is 2. The van der Waals surface area contributed by atoms with Crippen molar-refractivity contribution in [2.75, 3.05) is 19.4 Å². The fraction of sp³-hybridized carbons (Fsp3) is 0.130. The van der Waals surface area contributed by atoms with Crippen LogP contribution in [0.3, 0.4) is 0 Å². The molecule has 34 heavy (non-hydrogen) atoms. The molecule has 0 saturated carbocycles. The van der Waals surface area contributed by atoms with Crippen LogP contribution in [0.25, 0.3) is 16.4 Å². The summed E-state index contributed by atoms with van der Waals surface area (Å²) < 4.78 is 40.9. The highest BCUT2D eigenvalue weighted by Gasteiger charge is 2.31. The van der Waals surface area contributed by atoms with Crippen LogP contribution in [0.15, 0.2) is 66.0 Å². The Morgan fingerprint density at radius 1 is 1.03 bits per heavy atom. The number of benzene rings is 2. The van der Waals surface area contributed by atoms with Crippen LogP contribution in [-0.2, 0) is 6.18 Å². The minimum absolute atomic E-state index is 0.114. The van der Waals surface area contributed by atoms with E-state index < -0.39 is 17.6 Å². The molecular formula is C23H18F3N5O2S. The largest absolute Gasteiger partial charge is 0.416 e. The van der Waals surface area contributed by atoms with Gasteiger partial charge >= 0.3 is 6.18 Å². The third-order valence-corrected chi connectivity index (χ3v) is 5.61. The summed E-state index contributed by atoms with van der Waals surface area (Å²) in [7, 11) is 3.23. The molecular weight excluding hydrogens is 467 g/mol. The highest BCUT2D eigenvalue weighted by atomic mass is 32.1. The minimum atomic E-state index is -4.53. The molecule has 0 unspecified atom stereocenters. The van der Waals surface area contributed by atoms with Crippen molar-refractivity contribution in [1.82, 2.24) is 19.7 Å². The Balaban J connectivity index is 1.70. The molecule has 0 saturated heterocycles. The van der Waals surface area contributed by atoms with Gasteiger partial charge in [-0.1, -0.05) is 18.2 Å². The van der Waals surface area contributed by atoms with Gasteiger partial charge in [0.1, 0.15) is 0 Å². The SMILES string of the molecule is CN(C)C(=O)c1cccc(NC(=O)c2nc(-c3cccs3)n(-c3cccc(C(F)(F)F)c3)n2)c1. The number of hydrogen-bond acceptors (Lipinski definition) is 5. The normalized spacial score (nSPS) is 11.3. The smallest absolute Gasteiger partial charge is 0.345 e. The van der Waals surface area contributed by atoms with Crippen LogP contribution in [0.5, 0.6) is 0 Å². The van der Waals surface area contributed by atoms with Crippen LogP contribution in [0.1, 0.15) is 26.5 Å². The van der Waals surface area contributed by atoms with E-state index in [2.05, 4.69) is 15.4 Å². The lowest BCUT2D eigenvalue weighted by Crippen LogP contribution is -2.22. The molecule has 2 amide bonds. The topological polar surface area (TPSA) is 80.1 Å². The summed E-state index contributed by atoms with van der Waals surface area (Å²) >= 11 is 1.31. The molecule has 4 aromatic rings. The van der Waals surface area contributed by atoms with Crippen molar-refractivity contribution < 1.29 is 22.8 Å². The van der Waals surface area contributed by atoms with Crippen molar-refractivity contribution in [2.24, 2.45) is 0 Å². The van der Waals surface area contributed by atoms with Crippen LogP contribution in [0.2, 0.25) is 0 Å². The van der Waals surface area contributed by atoms with Crippen molar-refractivity contribution >= 4 is 28.8 Å². The summed E-state index contributed by atoms with van der Waals surface area (Å²) in [6, 6.07) is 14.5. The lowest BCUT2D eigenvalue weighted by molar-refractivity contribution is -0.137. The van der Waals surface area contributed by atoms with Gasteiger partial charge in [-0.05, 0) is 47.8 Å². The summed E-state index contributed by atoms with van der Waals surface area (Å²) in [6.07, 6.45) is -4.53. The number of amides is 2. The zero-order chi connectivity index (χ0) is 24.5. The Morgan fingerprint density at radius 2 is 1.79 bits per heavy atom. The Kier molecular flexibility index (Phi) is 6.20. The number of nitrogens with one attached hydrogen (secondary N) is 1. The average Bonchev–Trinajstić information content (AvgIpc) is 3.48. The van der Waals surface area contributed by atoms with E-state index in [0.717, 1.165) is 12.1 Å². The highest BCUT2D eigenvalue weighted by Crippen LogP contribution is 2.32.